The summed E-state index contributed by atoms with van der Waals surface area (Å²) in [5, 5.41) is 23.7. The van der Waals surface area contributed by atoms with E-state index in [0.717, 1.165) is 24.0 Å². The topological polar surface area (TPSA) is 184 Å². The number of alkyl halides is 1. The van der Waals surface area contributed by atoms with E-state index >= 15 is 0 Å². The van der Waals surface area contributed by atoms with Gasteiger partial charge in [0, 0.05) is 62.5 Å². The number of cyclic esters (lactones) is 1. The molecule has 73 heavy (non-hydrogen) atoms. The summed E-state index contributed by atoms with van der Waals surface area (Å²) in [6.07, 6.45) is 12.9. The van der Waals surface area contributed by atoms with Crippen molar-refractivity contribution < 1.29 is 62.6 Å². The number of piperidine rings is 1. The van der Waals surface area contributed by atoms with E-state index in [1.54, 1.807) is 54.2 Å². The Labute approximate surface area is 439 Å². The minimum absolute atomic E-state index is 0.00825. The van der Waals surface area contributed by atoms with Gasteiger partial charge in [-0.3, -0.25) is 19.2 Å². The zero-order chi connectivity index (χ0) is 53.7. The molecule has 3 heterocycles. The first-order chi connectivity index (χ1) is 34.7. The number of rotatable bonds is 8. The minimum atomic E-state index is -2.48. The molecule has 1 aliphatic carbocycles. The van der Waals surface area contributed by atoms with Crippen LogP contribution in [0.25, 0.3) is 0 Å². The van der Waals surface area contributed by atoms with Crippen LogP contribution in [0.2, 0.25) is 0 Å². The molecule has 1 aromatic rings. The van der Waals surface area contributed by atoms with Crippen molar-refractivity contribution in [3.05, 3.63) is 71.4 Å². The summed E-state index contributed by atoms with van der Waals surface area (Å²) in [6, 6.07) is 4.42. The first-order valence-electron chi connectivity index (χ1n) is 26.5. The number of aliphatic hydroxyl groups is 2. The van der Waals surface area contributed by atoms with Crippen LogP contribution in [0.3, 0.4) is 0 Å². The van der Waals surface area contributed by atoms with Gasteiger partial charge in [0.15, 0.2) is 5.78 Å². The largest absolute Gasteiger partial charge is 0.497 e. The number of fused-ring (bicyclic) bond motifs is 3. The number of Topliss-reactive ketones (excluding diaryl/α,β-unsaturated/α-hetero) is 3. The fraction of sp³-hybridized carbons (Fsp3) is 0.672. The molecule has 0 radical (unpaired) electrons. The third-order valence-corrected chi connectivity index (χ3v) is 16.5. The molecule has 1 saturated carbocycles. The lowest BCUT2D eigenvalue weighted by atomic mass is 9.79. The first kappa shape index (κ1) is 59.7. The number of carbonyl (C=O) groups is 5. The van der Waals surface area contributed by atoms with Crippen molar-refractivity contribution in [3.8, 4) is 11.5 Å². The number of nitrogens with zero attached hydrogens (tertiary/aromatic N) is 1. The number of methoxy groups -OCH3 is 4. The number of halogens is 1. The summed E-state index contributed by atoms with van der Waals surface area (Å²) in [7, 11) is 6.19. The zero-order valence-corrected chi connectivity index (χ0v) is 45.9. The number of hydrogen-bond acceptors (Lipinski definition) is 13. The number of amides is 1. The molecule has 1 amide bonds. The van der Waals surface area contributed by atoms with Gasteiger partial charge in [0.2, 0.25) is 5.79 Å². The van der Waals surface area contributed by atoms with Crippen LogP contribution in [0.4, 0.5) is 0 Å². The molecule has 0 unspecified atom stereocenters. The highest BCUT2D eigenvalue weighted by Gasteiger charge is 2.53. The number of aliphatic hydroxyl groups excluding tert-OH is 1. The van der Waals surface area contributed by atoms with Gasteiger partial charge in [-0.2, -0.15) is 0 Å². The molecule has 406 valence electrons. The highest BCUT2D eigenvalue weighted by atomic mass is 35.5. The third kappa shape index (κ3) is 15.2. The van der Waals surface area contributed by atoms with Crippen molar-refractivity contribution in [2.24, 2.45) is 35.5 Å². The van der Waals surface area contributed by atoms with E-state index in [1.807, 2.05) is 70.2 Å². The summed E-state index contributed by atoms with van der Waals surface area (Å²) in [4.78, 5) is 73.0. The van der Waals surface area contributed by atoms with Gasteiger partial charge in [0.05, 0.1) is 31.8 Å². The van der Waals surface area contributed by atoms with Gasteiger partial charge in [-0.05, 0) is 114 Å². The number of carbonyl (C=O) groups excluding carboxylic acids is 5. The standard InChI is InChI=1S/C58H84ClNO13/c1-34-17-13-12-14-18-35(2)45(44-24-23-42(68-8)32-50(44)69-9)31-43-22-20-40(7)58(67,73-43)55(64)56(65)60-26-16-15-19-47(60)57(66)72-49(37(4)29-41-21-25-46(59)51(30-41)70-10)33-48(61)36(3)28-39(6)53(63)54(71-11)52(62)38(5)27-34/h12-14,17-18,23-24,28,32,34,36-38,40-41,43,45-47,49,51,53-54,63,67H,15-16,19-22,25-27,29-31,33H2,1-11H3/b14-12+,17-13+,35-18+,39-28+/t34-,36-,37-,38-,40-,41+,43+,45+,46+,47+,49+,51-,53-,54+,58-/m1/s1. The first-order valence-corrected chi connectivity index (χ1v) is 26.9. The Bertz CT molecular complexity index is 2190. The zero-order valence-electron chi connectivity index (χ0n) is 45.2. The molecule has 14 nitrogen and oxygen atoms in total. The third-order valence-electron chi connectivity index (χ3n) is 16.0. The summed E-state index contributed by atoms with van der Waals surface area (Å²) in [6.45, 7) is 12.9. The summed E-state index contributed by atoms with van der Waals surface area (Å²) >= 11 is 6.59. The summed E-state index contributed by atoms with van der Waals surface area (Å²) in [5.41, 5.74) is 2.16. The second-order valence-electron chi connectivity index (χ2n) is 21.5. The van der Waals surface area contributed by atoms with Crippen molar-refractivity contribution in [1.29, 1.82) is 0 Å². The Morgan fingerprint density at radius 3 is 2.29 bits per heavy atom. The van der Waals surface area contributed by atoms with E-state index in [2.05, 4.69) is 0 Å². The molecule has 5 rings (SSSR count). The Kier molecular flexibility index (Phi) is 22.5. The molecule has 0 aromatic heterocycles. The van der Waals surface area contributed by atoms with E-state index in [1.165, 1.54) is 12.0 Å². The van der Waals surface area contributed by atoms with E-state index in [-0.39, 0.29) is 66.1 Å². The second-order valence-corrected chi connectivity index (χ2v) is 22.0. The lowest BCUT2D eigenvalue weighted by molar-refractivity contribution is -0.264. The second kappa shape index (κ2) is 27.6. The highest BCUT2D eigenvalue weighted by molar-refractivity contribution is 6.39. The SMILES string of the molecule is COc1ccc([C@H]2C[C@@H]3CC[C@@H](C)[C@@](O)(O3)C(=O)C(=O)N3CCCC[C@H]3C(=O)O[C@H]([C@H](C)C[C@@H]3CC[C@H](Cl)[C@H](OC)C3)CC(=O)[C@H](C)/C=C(\C)[C@@H](O)[C@@H](OC)C(=O)[C@H](C)C[C@H](C)/C=C/C=C/C=C/2C)c(OC)c1. The van der Waals surface area contributed by atoms with Crippen molar-refractivity contribution in [2.45, 2.75) is 179 Å². The molecule has 0 spiro atoms. The molecule has 1 aromatic carbocycles. The molecule has 4 aliphatic rings. The lowest BCUT2D eigenvalue weighted by Crippen LogP contribution is -2.60. The summed E-state index contributed by atoms with van der Waals surface area (Å²) in [5.74, 6) is -7.14. The molecule has 2 bridgehead atoms. The monoisotopic (exact) mass is 1040 g/mol. The quantitative estimate of drug-likeness (QED) is 0.109. The smallest absolute Gasteiger partial charge is 0.329 e. The highest BCUT2D eigenvalue weighted by Crippen LogP contribution is 2.43. The Hall–Kier alpha value is -4.18. The molecular formula is C58H84ClNO13. The van der Waals surface area contributed by atoms with Crippen LogP contribution in [-0.2, 0) is 42.9 Å². The van der Waals surface area contributed by atoms with Crippen LogP contribution in [0.1, 0.15) is 137 Å². The fourth-order valence-corrected chi connectivity index (χ4v) is 11.6. The maximum absolute atomic E-state index is 14.6. The maximum Gasteiger partial charge on any atom is 0.329 e. The van der Waals surface area contributed by atoms with Crippen molar-refractivity contribution in [3.63, 3.8) is 0 Å². The molecule has 3 aliphatic heterocycles. The van der Waals surface area contributed by atoms with Gasteiger partial charge < -0.3 is 43.5 Å². The van der Waals surface area contributed by atoms with Gasteiger partial charge in [-0.15, -0.1) is 11.6 Å². The maximum atomic E-state index is 14.6. The Morgan fingerprint density at radius 1 is 0.863 bits per heavy atom. The molecule has 3 fully saturated rings. The number of allylic oxidation sites excluding steroid dienone is 7. The van der Waals surface area contributed by atoms with Crippen molar-refractivity contribution >= 4 is 40.8 Å². The number of esters is 1. The van der Waals surface area contributed by atoms with Gasteiger partial charge in [-0.25, -0.2) is 4.79 Å². The molecular weight excluding hydrogens is 954 g/mol. The van der Waals surface area contributed by atoms with E-state index in [9.17, 15) is 34.2 Å². The molecule has 2 saturated heterocycles. The Balaban J connectivity index is 1.53. The van der Waals surface area contributed by atoms with Crippen LogP contribution in [0.15, 0.2) is 65.8 Å². The Morgan fingerprint density at radius 2 is 1.60 bits per heavy atom. The number of benzene rings is 1. The minimum Gasteiger partial charge on any atom is -0.497 e. The number of ether oxygens (including phenoxy) is 6. The van der Waals surface area contributed by atoms with Crippen LogP contribution in [0, 0.1) is 35.5 Å². The average Bonchev–Trinajstić information content (AvgIpc) is 3.38. The molecule has 15 heteroatoms. The molecule has 15 atom stereocenters. The van der Waals surface area contributed by atoms with E-state index in [4.69, 9.17) is 40.0 Å². The van der Waals surface area contributed by atoms with Crippen molar-refractivity contribution in [2.75, 3.05) is 35.0 Å². The van der Waals surface area contributed by atoms with E-state index < -0.39 is 71.7 Å². The summed E-state index contributed by atoms with van der Waals surface area (Å²) < 4.78 is 35.4. The predicted octanol–water partition coefficient (Wildman–Crippen LogP) is 9.21. The van der Waals surface area contributed by atoms with Gasteiger partial charge in [0.25, 0.3) is 11.7 Å². The fourth-order valence-electron chi connectivity index (χ4n) is 11.3. The van der Waals surface area contributed by atoms with Crippen LogP contribution >= 0.6 is 11.6 Å². The van der Waals surface area contributed by atoms with Gasteiger partial charge >= 0.3 is 5.97 Å². The predicted molar refractivity (Wildman–Crippen MR) is 280 cm³/mol. The van der Waals surface area contributed by atoms with E-state index in [0.29, 0.717) is 68.4 Å². The lowest BCUT2D eigenvalue weighted by Gasteiger charge is -2.43. The number of ketones is 3. The van der Waals surface area contributed by atoms with Crippen LogP contribution in [-0.4, -0.2) is 127 Å². The van der Waals surface area contributed by atoms with Gasteiger partial charge in [-0.1, -0.05) is 82.7 Å². The number of hydrogen-bond donors (Lipinski definition) is 2. The van der Waals surface area contributed by atoms with Crippen LogP contribution in [0.5, 0.6) is 11.5 Å². The van der Waals surface area contributed by atoms with Gasteiger partial charge in [0.1, 0.15) is 41.6 Å². The molecule has 2 N–H and O–H groups in total. The average molecular weight is 1040 g/mol. The van der Waals surface area contributed by atoms with Crippen LogP contribution < -0.4 is 9.47 Å². The van der Waals surface area contributed by atoms with Crippen molar-refractivity contribution in [1.82, 2.24) is 4.90 Å². The normalized spacial score (nSPS) is 37.2.